The summed E-state index contributed by atoms with van der Waals surface area (Å²) >= 11 is 0. The van der Waals surface area contributed by atoms with Gasteiger partial charge in [0.05, 0.1) is 12.7 Å². The Balaban J connectivity index is 1.78. The molecule has 0 fully saturated rings. The summed E-state index contributed by atoms with van der Waals surface area (Å²) in [5, 5.41) is 2.13. The lowest BCUT2D eigenvalue weighted by atomic mass is 10.1. The van der Waals surface area contributed by atoms with E-state index in [2.05, 4.69) is 10.1 Å². The number of alkyl carbamates (subject to hydrolysis) is 1. The molecule has 0 aliphatic carbocycles. The first-order valence-corrected chi connectivity index (χ1v) is 7.37. The Morgan fingerprint density at radius 3 is 2.33 bits per heavy atom. The molecule has 2 aromatic rings. The topological polar surface area (TPSA) is 64.6 Å². The van der Waals surface area contributed by atoms with Crippen LogP contribution in [-0.4, -0.2) is 25.5 Å². The van der Waals surface area contributed by atoms with Crippen LogP contribution in [0.15, 0.2) is 54.6 Å². The number of methoxy groups -OCH3 is 1. The van der Waals surface area contributed by atoms with Gasteiger partial charge in [-0.25, -0.2) is 14.0 Å². The molecular formula is C18H18FNO4. The Morgan fingerprint density at radius 2 is 1.71 bits per heavy atom. The van der Waals surface area contributed by atoms with Gasteiger partial charge in [0.1, 0.15) is 6.61 Å². The van der Waals surface area contributed by atoms with Gasteiger partial charge in [0.15, 0.2) is 6.30 Å². The van der Waals surface area contributed by atoms with Crippen LogP contribution < -0.4 is 5.32 Å². The van der Waals surface area contributed by atoms with Crippen LogP contribution in [0.2, 0.25) is 0 Å². The van der Waals surface area contributed by atoms with E-state index in [9.17, 15) is 14.0 Å². The fourth-order valence-electron chi connectivity index (χ4n) is 2.05. The summed E-state index contributed by atoms with van der Waals surface area (Å²) in [6.07, 6.45) is -2.43. The summed E-state index contributed by atoms with van der Waals surface area (Å²) < 4.78 is 23.4. The predicted molar refractivity (Wildman–Crippen MR) is 86.1 cm³/mol. The van der Waals surface area contributed by atoms with Crippen molar-refractivity contribution in [3.8, 4) is 0 Å². The summed E-state index contributed by atoms with van der Waals surface area (Å²) in [4.78, 5) is 22.9. The molecule has 0 heterocycles. The van der Waals surface area contributed by atoms with Gasteiger partial charge in [0.25, 0.3) is 0 Å². The minimum Gasteiger partial charge on any atom is -0.465 e. The van der Waals surface area contributed by atoms with E-state index >= 15 is 0 Å². The van der Waals surface area contributed by atoms with E-state index in [-0.39, 0.29) is 13.0 Å². The summed E-state index contributed by atoms with van der Waals surface area (Å²) in [7, 11) is 1.29. The molecule has 5 nitrogen and oxygen atoms in total. The van der Waals surface area contributed by atoms with Crippen molar-refractivity contribution < 1.29 is 23.5 Å². The van der Waals surface area contributed by atoms with Crippen LogP contribution in [0.1, 0.15) is 21.5 Å². The maximum atomic E-state index is 13.9. The van der Waals surface area contributed by atoms with Crippen LogP contribution in [0.4, 0.5) is 9.18 Å². The quantitative estimate of drug-likeness (QED) is 0.652. The number of nitrogens with one attached hydrogen (secondary N) is 1. The number of alkyl halides is 1. The van der Waals surface area contributed by atoms with E-state index in [0.29, 0.717) is 11.1 Å². The van der Waals surface area contributed by atoms with Gasteiger partial charge in [-0.15, -0.1) is 0 Å². The van der Waals surface area contributed by atoms with Crippen LogP contribution in [0.5, 0.6) is 0 Å². The fourth-order valence-corrected chi connectivity index (χ4v) is 2.05. The van der Waals surface area contributed by atoms with E-state index in [0.717, 1.165) is 5.56 Å². The molecular weight excluding hydrogens is 313 g/mol. The third kappa shape index (κ3) is 5.39. The Labute approximate surface area is 139 Å². The molecule has 1 N–H and O–H groups in total. The molecule has 0 aliphatic rings. The first-order valence-electron chi connectivity index (χ1n) is 7.37. The van der Waals surface area contributed by atoms with Gasteiger partial charge in [-0.2, -0.15) is 0 Å². The third-order valence-electron chi connectivity index (χ3n) is 3.28. The van der Waals surface area contributed by atoms with Crippen LogP contribution in [0.3, 0.4) is 0 Å². The minimum atomic E-state index is -1.59. The van der Waals surface area contributed by atoms with Gasteiger partial charge in [0, 0.05) is 6.42 Å². The number of carbonyl (C=O) groups excluding carboxylic acids is 2. The lowest BCUT2D eigenvalue weighted by Gasteiger charge is -2.11. The molecule has 1 amide bonds. The zero-order chi connectivity index (χ0) is 17.4. The van der Waals surface area contributed by atoms with Gasteiger partial charge in [-0.3, -0.25) is 5.32 Å². The van der Waals surface area contributed by atoms with Crippen LogP contribution in [0, 0.1) is 0 Å². The number of benzene rings is 2. The highest BCUT2D eigenvalue weighted by molar-refractivity contribution is 5.89. The van der Waals surface area contributed by atoms with Crippen molar-refractivity contribution in [2.45, 2.75) is 19.3 Å². The second-order valence-corrected chi connectivity index (χ2v) is 5.07. The molecule has 126 valence electrons. The van der Waals surface area contributed by atoms with Gasteiger partial charge >= 0.3 is 12.1 Å². The first-order chi connectivity index (χ1) is 11.6. The normalized spacial score (nSPS) is 11.4. The van der Waals surface area contributed by atoms with Crippen molar-refractivity contribution in [2.75, 3.05) is 7.11 Å². The standard InChI is InChI=1S/C18H18FNO4/c1-23-17(21)15-9-7-13(8-10-15)11-16(19)20-18(22)24-12-14-5-3-2-4-6-14/h2-10,16H,11-12H2,1H3,(H,20,22)/t16-/m1/s1. The van der Waals surface area contributed by atoms with Crippen molar-refractivity contribution in [3.63, 3.8) is 0 Å². The average Bonchev–Trinajstić information content (AvgIpc) is 2.60. The molecule has 0 radical (unpaired) electrons. The lowest BCUT2D eigenvalue weighted by Crippen LogP contribution is -2.33. The fraction of sp³-hybridized carbons (Fsp3) is 0.222. The molecule has 6 heteroatoms. The monoisotopic (exact) mass is 331 g/mol. The number of esters is 1. The number of rotatable bonds is 6. The molecule has 2 aromatic carbocycles. The number of ether oxygens (including phenoxy) is 2. The Morgan fingerprint density at radius 1 is 1.04 bits per heavy atom. The molecule has 2 rings (SSSR count). The SMILES string of the molecule is COC(=O)c1ccc(C[C@H](F)NC(=O)OCc2ccccc2)cc1. The zero-order valence-corrected chi connectivity index (χ0v) is 13.2. The number of halogens is 1. The smallest absolute Gasteiger partial charge is 0.409 e. The molecule has 0 bridgehead atoms. The largest absolute Gasteiger partial charge is 0.465 e. The van der Waals surface area contributed by atoms with E-state index in [1.807, 2.05) is 30.3 Å². The number of amides is 1. The van der Waals surface area contributed by atoms with Crippen molar-refractivity contribution in [1.82, 2.24) is 5.32 Å². The van der Waals surface area contributed by atoms with Gasteiger partial charge in [0.2, 0.25) is 0 Å². The number of hydrogen-bond donors (Lipinski definition) is 1. The van der Waals surface area contributed by atoms with Crippen LogP contribution in [-0.2, 0) is 22.5 Å². The molecule has 0 unspecified atom stereocenters. The van der Waals surface area contributed by atoms with Crippen molar-refractivity contribution in [3.05, 3.63) is 71.3 Å². The Kier molecular flexibility index (Phi) is 6.31. The van der Waals surface area contributed by atoms with Gasteiger partial charge in [-0.05, 0) is 23.3 Å². The summed E-state index contributed by atoms with van der Waals surface area (Å²) in [5.41, 5.74) is 1.84. The molecule has 24 heavy (non-hydrogen) atoms. The third-order valence-corrected chi connectivity index (χ3v) is 3.28. The minimum absolute atomic E-state index is 0.0259. The summed E-state index contributed by atoms with van der Waals surface area (Å²) in [5.74, 6) is -0.457. The second kappa shape index (κ2) is 8.67. The average molecular weight is 331 g/mol. The molecule has 0 aromatic heterocycles. The van der Waals surface area contributed by atoms with Crippen LogP contribution >= 0.6 is 0 Å². The first kappa shape index (κ1) is 17.5. The Bertz CT molecular complexity index is 673. The van der Waals surface area contributed by atoms with Crippen molar-refractivity contribution in [2.24, 2.45) is 0 Å². The maximum Gasteiger partial charge on any atom is 0.409 e. The molecule has 0 saturated heterocycles. The lowest BCUT2D eigenvalue weighted by molar-refractivity contribution is 0.0600. The molecule has 0 spiro atoms. The highest BCUT2D eigenvalue weighted by Crippen LogP contribution is 2.09. The zero-order valence-electron chi connectivity index (χ0n) is 13.2. The van der Waals surface area contributed by atoms with E-state index in [4.69, 9.17) is 4.74 Å². The summed E-state index contributed by atoms with van der Waals surface area (Å²) in [6.45, 7) is 0.0766. The van der Waals surface area contributed by atoms with E-state index < -0.39 is 18.4 Å². The van der Waals surface area contributed by atoms with Gasteiger partial charge in [-0.1, -0.05) is 42.5 Å². The number of carbonyl (C=O) groups is 2. The highest BCUT2D eigenvalue weighted by atomic mass is 19.1. The second-order valence-electron chi connectivity index (χ2n) is 5.07. The predicted octanol–water partition coefficient (Wildman–Crippen LogP) is 3.24. The van der Waals surface area contributed by atoms with E-state index in [1.165, 1.54) is 7.11 Å². The number of hydrogen-bond acceptors (Lipinski definition) is 4. The molecule has 0 aliphatic heterocycles. The van der Waals surface area contributed by atoms with Crippen LogP contribution in [0.25, 0.3) is 0 Å². The molecule has 1 atom stereocenters. The highest BCUT2D eigenvalue weighted by Gasteiger charge is 2.13. The van der Waals surface area contributed by atoms with Crippen molar-refractivity contribution in [1.29, 1.82) is 0 Å². The Hall–Kier alpha value is -2.89. The maximum absolute atomic E-state index is 13.9. The molecule has 0 saturated carbocycles. The van der Waals surface area contributed by atoms with Gasteiger partial charge < -0.3 is 9.47 Å². The summed E-state index contributed by atoms with van der Waals surface area (Å²) in [6, 6.07) is 15.4. The van der Waals surface area contributed by atoms with Crippen molar-refractivity contribution >= 4 is 12.1 Å². The van der Waals surface area contributed by atoms with E-state index in [1.54, 1.807) is 24.3 Å².